The van der Waals surface area contributed by atoms with Gasteiger partial charge in [0.15, 0.2) is 0 Å². The zero-order valence-corrected chi connectivity index (χ0v) is 16.1. The molecule has 2 saturated heterocycles. The monoisotopic (exact) mass is 381 g/mol. The molecule has 0 radical (unpaired) electrons. The molecular weight excluding hydrogens is 354 g/mol. The van der Waals surface area contributed by atoms with Gasteiger partial charge in [-0.25, -0.2) is 0 Å². The van der Waals surface area contributed by atoms with E-state index in [1.165, 1.54) is 5.56 Å². The average molecular weight is 381 g/mol. The fourth-order valence-electron chi connectivity index (χ4n) is 3.70. The number of piperazine rings is 1. The predicted octanol–water partition coefficient (Wildman–Crippen LogP) is 2.60. The minimum atomic E-state index is 0.0919. The third kappa shape index (κ3) is 4.88. The fraction of sp³-hybridized carbons (Fsp3) is 0.455. The van der Waals surface area contributed by atoms with Gasteiger partial charge in [-0.1, -0.05) is 0 Å². The van der Waals surface area contributed by atoms with E-state index in [0.29, 0.717) is 12.2 Å². The Hall–Kier alpha value is -2.44. The molecule has 0 aliphatic carbocycles. The van der Waals surface area contributed by atoms with E-state index in [4.69, 9.17) is 9.47 Å². The van der Waals surface area contributed by atoms with Crippen LogP contribution in [-0.4, -0.2) is 66.2 Å². The maximum Gasteiger partial charge on any atom is 0.253 e. The van der Waals surface area contributed by atoms with Crippen molar-refractivity contribution in [2.45, 2.75) is 25.5 Å². The van der Waals surface area contributed by atoms with Crippen molar-refractivity contribution in [1.82, 2.24) is 14.8 Å². The van der Waals surface area contributed by atoms with E-state index in [2.05, 4.69) is 9.88 Å². The second kappa shape index (κ2) is 9.17. The van der Waals surface area contributed by atoms with Crippen molar-refractivity contribution in [2.75, 3.05) is 39.4 Å². The summed E-state index contributed by atoms with van der Waals surface area (Å²) in [7, 11) is 0. The van der Waals surface area contributed by atoms with Gasteiger partial charge in [0.2, 0.25) is 0 Å². The van der Waals surface area contributed by atoms with Crippen molar-refractivity contribution >= 4 is 5.91 Å². The highest BCUT2D eigenvalue weighted by molar-refractivity contribution is 5.94. The topological polar surface area (TPSA) is 54.9 Å². The molecule has 0 bridgehead atoms. The number of rotatable bonds is 6. The van der Waals surface area contributed by atoms with Crippen LogP contribution in [0.5, 0.6) is 5.75 Å². The average Bonchev–Trinajstić information content (AvgIpc) is 3.27. The lowest BCUT2D eigenvalue weighted by Crippen LogP contribution is -2.48. The second-order valence-corrected chi connectivity index (χ2v) is 7.39. The molecular formula is C22H27N3O3. The van der Waals surface area contributed by atoms with Gasteiger partial charge in [-0.2, -0.15) is 0 Å². The number of nitrogens with zero attached hydrogens (tertiary/aromatic N) is 3. The maximum absolute atomic E-state index is 12.8. The summed E-state index contributed by atoms with van der Waals surface area (Å²) in [6.07, 6.45) is 6.01. The number of hydrogen-bond donors (Lipinski definition) is 0. The van der Waals surface area contributed by atoms with Gasteiger partial charge < -0.3 is 14.4 Å². The lowest BCUT2D eigenvalue weighted by atomic mass is 10.1. The van der Waals surface area contributed by atoms with Crippen LogP contribution in [0.15, 0.2) is 48.8 Å². The molecule has 0 spiro atoms. The van der Waals surface area contributed by atoms with Crippen LogP contribution in [0.4, 0.5) is 0 Å². The Kier molecular flexibility index (Phi) is 6.19. The summed E-state index contributed by atoms with van der Waals surface area (Å²) in [5.41, 5.74) is 1.97. The predicted molar refractivity (Wildman–Crippen MR) is 106 cm³/mol. The molecule has 1 aromatic carbocycles. The van der Waals surface area contributed by atoms with Crippen LogP contribution in [0.2, 0.25) is 0 Å². The first-order chi connectivity index (χ1) is 13.8. The molecule has 0 unspecified atom stereocenters. The molecule has 6 nitrogen and oxygen atoms in total. The molecule has 1 atom stereocenters. The third-order valence-corrected chi connectivity index (χ3v) is 5.38. The standard InChI is InChI=1S/C22H27N3O3/c26-22(19-3-5-20(6-4-19)28-17-21-2-1-15-27-21)25-13-11-24(12-14-25)16-18-7-9-23-10-8-18/h3-10,21H,1-2,11-17H2/t21-/m0/s1. The van der Waals surface area contributed by atoms with Crippen molar-refractivity contribution in [2.24, 2.45) is 0 Å². The summed E-state index contributed by atoms with van der Waals surface area (Å²) < 4.78 is 11.3. The van der Waals surface area contributed by atoms with Crippen LogP contribution >= 0.6 is 0 Å². The van der Waals surface area contributed by atoms with E-state index in [1.54, 1.807) is 0 Å². The number of benzene rings is 1. The van der Waals surface area contributed by atoms with E-state index in [0.717, 1.165) is 57.9 Å². The Bertz CT molecular complexity index is 752. The number of aromatic nitrogens is 1. The van der Waals surface area contributed by atoms with E-state index in [1.807, 2.05) is 53.7 Å². The normalized spacial score (nSPS) is 20.3. The first kappa shape index (κ1) is 18.9. The SMILES string of the molecule is O=C(c1ccc(OC[C@@H]2CCCO2)cc1)N1CCN(Cc2ccncc2)CC1. The molecule has 148 valence electrons. The number of amides is 1. The molecule has 28 heavy (non-hydrogen) atoms. The third-order valence-electron chi connectivity index (χ3n) is 5.38. The minimum Gasteiger partial charge on any atom is -0.491 e. The van der Waals surface area contributed by atoms with Crippen molar-refractivity contribution in [3.8, 4) is 5.75 Å². The van der Waals surface area contributed by atoms with Crippen LogP contribution in [0, 0.1) is 0 Å². The lowest BCUT2D eigenvalue weighted by Gasteiger charge is -2.34. The summed E-state index contributed by atoms with van der Waals surface area (Å²) >= 11 is 0. The molecule has 6 heteroatoms. The van der Waals surface area contributed by atoms with Gasteiger partial charge in [0.05, 0.1) is 6.10 Å². The van der Waals surface area contributed by atoms with Crippen LogP contribution in [0.25, 0.3) is 0 Å². The number of carbonyl (C=O) groups is 1. The highest BCUT2D eigenvalue weighted by Crippen LogP contribution is 2.18. The lowest BCUT2D eigenvalue weighted by molar-refractivity contribution is 0.0627. The molecule has 3 heterocycles. The van der Waals surface area contributed by atoms with E-state index < -0.39 is 0 Å². The molecule has 2 aliphatic rings. The largest absolute Gasteiger partial charge is 0.491 e. The van der Waals surface area contributed by atoms with Gasteiger partial charge in [0.1, 0.15) is 12.4 Å². The maximum atomic E-state index is 12.8. The first-order valence-corrected chi connectivity index (χ1v) is 10.0. The summed E-state index contributed by atoms with van der Waals surface area (Å²) in [5, 5.41) is 0. The summed E-state index contributed by atoms with van der Waals surface area (Å²) in [5.74, 6) is 0.878. The van der Waals surface area contributed by atoms with Gasteiger partial charge in [-0.15, -0.1) is 0 Å². The van der Waals surface area contributed by atoms with Crippen LogP contribution < -0.4 is 4.74 Å². The van der Waals surface area contributed by atoms with Gasteiger partial charge in [-0.05, 0) is 54.8 Å². The number of hydrogen-bond acceptors (Lipinski definition) is 5. The zero-order chi connectivity index (χ0) is 19.2. The van der Waals surface area contributed by atoms with Gasteiger partial charge in [0.25, 0.3) is 5.91 Å². The first-order valence-electron chi connectivity index (χ1n) is 10.0. The Balaban J connectivity index is 1.25. The Morgan fingerprint density at radius 1 is 1.07 bits per heavy atom. The van der Waals surface area contributed by atoms with Crippen molar-refractivity contribution in [1.29, 1.82) is 0 Å². The number of carbonyl (C=O) groups excluding carboxylic acids is 1. The Labute approximate surface area is 166 Å². The molecule has 0 saturated carbocycles. The van der Waals surface area contributed by atoms with Crippen LogP contribution in [0.3, 0.4) is 0 Å². The minimum absolute atomic E-state index is 0.0919. The van der Waals surface area contributed by atoms with Crippen molar-refractivity contribution in [3.05, 3.63) is 59.9 Å². The quantitative estimate of drug-likeness (QED) is 0.770. The second-order valence-electron chi connectivity index (χ2n) is 7.39. The molecule has 2 aliphatic heterocycles. The van der Waals surface area contributed by atoms with Gasteiger partial charge >= 0.3 is 0 Å². The number of ether oxygens (including phenoxy) is 2. The van der Waals surface area contributed by atoms with E-state index in [9.17, 15) is 4.79 Å². The molecule has 0 N–H and O–H groups in total. The fourth-order valence-corrected chi connectivity index (χ4v) is 3.70. The zero-order valence-electron chi connectivity index (χ0n) is 16.1. The van der Waals surface area contributed by atoms with Crippen molar-refractivity contribution in [3.63, 3.8) is 0 Å². The van der Waals surface area contributed by atoms with Gasteiger partial charge in [-0.3, -0.25) is 14.7 Å². The van der Waals surface area contributed by atoms with Crippen LogP contribution in [-0.2, 0) is 11.3 Å². The smallest absolute Gasteiger partial charge is 0.253 e. The summed E-state index contributed by atoms with van der Waals surface area (Å²) in [4.78, 5) is 21.2. The highest BCUT2D eigenvalue weighted by Gasteiger charge is 2.22. The molecule has 1 amide bonds. The Morgan fingerprint density at radius 3 is 2.50 bits per heavy atom. The van der Waals surface area contributed by atoms with E-state index >= 15 is 0 Å². The highest BCUT2D eigenvalue weighted by atomic mass is 16.5. The van der Waals surface area contributed by atoms with Crippen LogP contribution in [0.1, 0.15) is 28.8 Å². The summed E-state index contributed by atoms with van der Waals surface area (Å²) in [6.45, 7) is 5.58. The molecule has 4 rings (SSSR count). The number of pyridine rings is 1. The van der Waals surface area contributed by atoms with E-state index in [-0.39, 0.29) is 12.0 Å². The van der Waals surface area contributed by atoms with Crippen molar-refractivity contribution < 1.29 is 14.3 Å². The van der Waals surface area contributed by atoms with Gasteiger partial charge in [0, 0.05) is 57.3 Å². The Morgan fingerprint density at radius 2 is 1.82 bits per heavy atom. The molecule has 1 aromatic heterocycles. The molecule has 2 fully saturated rings. The molecule has 2 aromatic rings. The summed E-state index contributed by atoms with van der Waals surface area (Å²) in [6, 6.07) is 11.6.